The molecule has 0 aromatic heterocycles. The van der Waals surface area contributed by atoms with Crippen molar-refractivity contribution in [3.63, 3.8) is 0 Å². The molecule has 3 N–H and O–H groups in total. The predicted octanol–water partition coefficient (Wildman–Crippen LogP) is 3.39. The lowest BCUT2D eigenvalue weighted by molar-refractivity contribution is -0.148. The van der Waals surface area contributed by atoms with E-state index >= 15 is 0 Å². The van der Waals surface area contributed by atoms with Crippen LogP contribution in [0.1, 0.15) is 34.2 Å². The van der Waals surface area contributed by atoms with Crippen LogP contribution in [0.15, 0.2) is 66.7 Å². The third kappa shape index (κ3) is 3.35. The summed E-state index contributed by atoms with van der Waals surface area (Å²) in [6.45, 7) is 0.150. The number of aromatic hydroxyl groups is 1. The molecular formula is C25H21NO5. The Bertz CT molecular complexity index is 1140. The average molecular weight is 415 g/mol. The number of fused-ring (bicyclic) bond motifs is 4. The Labute approximate surface area is 179 Å². The fraction of sp³-hybridized carbons (Fsp3) is 0.200. The second kappa shape index (κ2) is 7.56. The third-order valence-corrected chi connectivity index (χ3v) is 6.12. The molecule has 0 amide bonds. The van der Waals surface area contributed by atoms with Gasteiger partial charge < -0.3 is 14.9 Å². The van der Waals surface area contributed by atoms with Crippen LogP contribution in [0.25, 0.3) is 11.1 Å². The summed E-state index contributed by atoms with van der Waals surface area (Å²) in [5.74, 6) is -1.65. The Hall–Kier alpha value is -3.64. The van der Waals surface area contributed by atoms with E-state index in [4.69, 9.17) is 4.74 Å². The van der Waals surface area contributed by atoms with Gasteiger partial charge in [-0.05, 0) is 51.9 Å². The zero-order chi connectivity index (χ0) is 21.5. The van der Waals surface area contributed by atoms with Crippen molar-refractivity contribution in [1.82, 2.24) is 5.32 Å². The minimum absolute atomic E-state index is 0.0192. The smallest absolute Gasteiger partial charge is 0.327 e. The summed E-state index contributed by atoms with van der Waals surface area (Å²) in [5, 5.41) is 22.2. The molecule has 3 aromatic carbocycles. The van der Waals surface area contributed by atoms with Gasteiger partial charge in [0.2, 0.25) is 0 Å². The van der Waals surface area contributed by atoms with E-state index in [2.05, 4.69) is 17.4 Å². The Morgan fingerprint density at radius 2 is 1.58 bits per heavy atom. The number of phenolic OH excluding ortho intramolecular Hbond substituents is 1. The second-order valence-corrected chi connectivity index (χ2v) is 7.93. The van der Waals surface area contributed by atoms with Crippen LogP contribution in [-0.2, 0) is 20.7 Å². The van der Waals surface area contributed by atoms with E-state index in [1.54, 1.807) is 6.07 Å². The number of benzene rings is 3. The number of esters is 1. The van der Waals surface area contributed by atoms with Crippen LogP contribution in [-0.4, -0.2) is 34.8 Å². The maximum absolute atomic E-state index is 13.1. The first-order chi connectivity index (χ1) is 15.0. The number of ether oxygens (including phenoxy) is 1. The fourth-order valence-electron chi connectivity index (χ4n) is 4.65. The van der Waals surface area contributed by atoms with Gasteiger partial charge in [0.1, 0.15) is 24.4 Å². The monoisotopic (exact) mass is 415 g/mol. The molecule has 156 valence electrons. The van der Waals surface area contributed by atoms with Crippen molar-refractivity contribution in [2.24, 2.45) is 0 Å². The molecule has 31 heavy (non-hydrogen) atoms. The van der Waals surface area contributed by atoms with Crippen LogP contribution >= 0.6 is 0 Å². The number of nitrogens with one attached hydrogen (secondary N) is 1. The lowest BCUT2D eigenvalue weighted by atomic mass is 9.90. The van der Waals surface area contributed by atoms with Gasteiger partial charge in [0.25, 0.3) is 0 Å². The molecule has 6 heteroatoms. The molecular weight excluding hydrogens is 394 g/mol. The molecule has 1 aliphatic carbocycles. The molecule has 2 aliphatic rings. The third-order valence-electron chi connectivity index (χ3n) is 6.12. The van der Waals surface area contributed by atoms with Crippen molar-refractivity contribution in [2.45, 2.75) is 24.4 Å². The SMILES string of the molecule is O=C(O)C1Cc2ccc(O)cc2C(C(=O)OCC2c3ccccc3-c3ccccc32)N1. The number of hydrogen-bond acceptors (Lipinski definition) is 5. The number of carboxylic acid groups (broad SMARTS) is 1. The lowest BCUT2D eigenvalue weighted by Gasteiger charge is -2.30. The number of rotatable bonds is 4. The maximum Gasteiger partial charge on any atom is 0.327 e. The molecule has 2 unspecified atom stereocenters. The van der Waals surface area contributed by atoms with E-state index in [1.807, 2.05) is 36.4 Å². The molecule has 1 aliphatic heterocycles. The predicted molar refractivity (Wildman–Crippen MR) is 114 cm³/mol. The molecule has 1 heterocycles. The molecule has 5 rings (SSSR count). The molecule has 0 bridgehead atoms. The lowest BCUT2D eigenvalue weighted by Crippen LogP contribution is -2.47. The van der Waals surface area contributed by atoms with Gasteiger partial charge in [-0.2, -0.15) is 0 Å². The van der Waals surface area contributed by atoms with Gasteiger partial charge in [-0.15, -0.1) is 0 Å². The summed E-state index contributed by atoms with van der Waals surface area (Å²) in [4.78, 5) is 24.6. The summed E-state index contributed by atoms with van der Waals surface area (Å²) >= 11 is 0. The summed E-state index contributed by atoms with van der Waals surface area (Å²) in [5.41, 5.74) is 5.74. The summed E-state index contributed by atoms with van der Waals surface area (Å²) in [7, 11) is 0. The first-order valence-corrected chi connectivity index (χ1v) is 10.2. The highest BCUT2D eigenvalue weighted by molar-refractivity contribution is 5.83. The largest absolute Gasteiger partial charge is 0.508 e. The maximum atomic E-state index is 13.1. The molecule has 0 spiro atoms. The van der Waals surface area contributed by atoms with Crippen LogP contribution in [0.5, 0.6) is 5.75 Å². The van der Waals surface area contributed by atoms with E-state index in [0.717, 1.165) is 22.3 Å². The minimum Gasteiger partial charge on any atom is -0.508 e. The van der Waals surface area contributed by atoms with Crippen LogP contribution < -0.4 is 5.32 Å². The highest BCUT2D eigenvalue weighted by Crippen LogP contribution is 2.44. The number of carbonyl (C=O) groups excluding carboxylic acids is 1. The van der Waals surface area contributed by atoms with Crippen molar-refractivity contribution < 1.29 is 24.5 Å². The van der Waals surface area contributed by atoms with Gasteiger partial charge in [-0.25, -0.2) is 4.79 Å². The van der Waals surface area contributed by atoms with Crippen molar-refractivity contribution in [3.8, 4) is 16.9 Å². The first-order valence-electron chi connectivity index (χ1n) is 10.2. The number of hydrogen-bond donors (Lipinski definition) is 3. The zero-order valence-corrected chi connectivity index (χ0v) is 16.6. The van der Waals surface area contributed by atoms with Crippen molar-refractivity contribution >= 4 is 11.9 Å². The second-order valence-electron chi connectivity index (χ2n) is 7.93. The van der Waals surface area contributed by atoms with E-state index in [1.165, 1.54) is 12.1 Å². The van der Waals surface area contributed by atoms with Crippen LogP contribution in [0.4, 0.5) is 0 Å². The van der Waals surface area contributed by atoms with E-state index in [-0.39, 0.29) is 24.7 Å². The molecule has 0 radical (unpaired) electrons. The van der Waals surface area contributed by atoms with Crippen LogP contribution in [0, 0.1) is 0 Å². The molecule has 0 saturated heterocycles. The van der Waals surface area contributed by atoms with Crippen LogP contribution in [0.3, 0.4) is 0 Å². The highest BCUT2D eigenvalue weighted by Gasteiger charge is 2.36. The molecule has 6 nitrogen and oxygen atoms in total. The van der Waals surface area contributed by atoms with E-state index in [0.29, 0.717) is 11.1 Å². The van der Waals surface area contributed by atoms with Gasteiger partial charge >= 0.3 is 11.9 Å². The number of phenols is 1. The zero-order valence-electron chi connectivity index (χ0n) is 16.6. The summed E-state index contributed by atoms with van der Waals surface area (Å²) in [6, 6.07) is 18.9. The fourth-order valence-corrected chi connectivity index (χ4v) is 4.65. The normalized spacial score (nSPS) is 19.2. The topological polar surface area (TPSA) is 95.9 Å². The van der Waals surface area contributed by atoms with Gasteiger partial charge in [0.05, 0.1) is 0 Å². The number of carboxylic acids is 1. The van der Waals surface area contributed by atoms with E-state index < -0.39 is 24.0 Å². The van der Waals surface area contributed by atoms with Crippen molar-refractivity contribution in [2.75, 3.05) is 6.61 Å². The quantitative estimate of drug-likeness (QED) is 0.566. The van der Waals surface area contributed by atoms with Crippen LogP contribution in [0.2, 0.25) is 0 Å². The Morgan fingerprint density at radius 3 is 2.23 bits per heavy atom. The molecule has 0 fully saturated rings. The molecule has 2 atom stereocenters. The van der Waals surface area contributed by atoms with Gasteiger partial charge in [-0.1, -0.05) is 54.6 Å². The summed E-state index contributed by atoms with van der Waals surface area (Å²) in [6.07, 6.45) is 0.234. The summed E-state index contributed by atoms with van der Waals surface area (Å²) < 4.78 is 5.73. The van der Waals surface area contributed by atoms with Crippen molar-refractivity contribution in [1.29, 1.82) is 0 Å². The Balaban J connectivity index is 1.41. The minimum atomic E-state index is -1.03. The highest BCUT2D eigenvalue weighted by atomic mass is 16.5. The van der Waals surface area contributed by atoms with Gasteiger partial charge in [-0.3, -0.25) is 10.1 Å². The Morgan fingerprint density at radius 1 is 0.935 bits per heavy atom. The number of carbonyl (C=O) groups is 2. The van der Waals surface area contributed by atoms with Gasteiger partial charge in [0.15, 0.2) is 0 Å². The van der Waals surface area contributed by atoms with E-state index in [9.17, 15) is 19.8 Å². The van der Waals surface area contributed by atoms with Gasteiger partial charge in [0, 0.05) is 5.92 Å². The Kier molecular flexibility index (Phi) is 4.71. The van der Waals surface area contributed by atoms with Crippen molar-refractivity contribution in [3.05, 3.63) is 89.0 Å². The number of aliphatic carboxylic acids is 1. The first kappa shape index (κ1) is 19.3. The average Bonchev–Trinajstić information content (AvgIpc) is 3.10. The standard InChI is InChI=1S/C25H21NO5/c27-15-10-9-14-11-22(24(28)29)26-23(20(14)12-15)25(30)31-13-21-18-7-3-1-5-16(18)17-6-2-4-8-19(17)21/h1-10,12,21-23,26-27H,11,13H2,(H,28,29). The molecule has 0 saturated carbocycles. The molecule has 3 aromatic rings.